The maximum absolute atomic E-state index is 13.6. The number of ether oxygens (including phenoxy) is 1. The molecule has 0 aliphatic carbocycles. The summed E-state index contributed by atoms with van der Waals surface area (Å²) in [6.07, 6.45) is 1.70. The standard InChI is InChI=1S/C24H25Br2N5O2/c1-2-31-23(32)20-22(27-13-18(29-31)11-15-6-4-3-5-7-15)28-24(26)30(20)14-16-10-17-8-9-33-21(17)19(25)12-16/h3-7,10,12,18,27,29H,2,8-9,11,13-14H2,1H3/t18-/m1/s1. The number of hydrogen-bond donors (Lipinski definition) is 2. The number of carbonyl (C=O) groups is 1. The molecule has 0 unspecified atom stereocenters. The Kier molecular flexibility index (Phi) is 6.44. The molecule has 2 aliphatic rings. The summed E-state index contributed by atoms with van der Waals surface area (Å²) in [5.41, 5.74) is 7.46. The molecule has 3 aromatic rings. The predicted molar refractivity (Wildman–Crippen MR) is 135 cm³/mol. The first-order chi connectivity index (χ1) is 16.0. The van der Waals surface area contributed by atoms with Crippen molar-refractivity contribution in [3.63, 3.8) is 0 Å². The molecule has 0 saturated heterocycles. The zero-order valence-corrected chi connectivity index (χ0v) is 21.4. The van der Waals surface area contributed by atoms with Crippen LogP contribution < -0.4 is 15.5 Å². The molecule has 1 atom stereocenters. The molecule has 7 nitrogen and oxygen atoms in total. The number of fused-ring (bicyclic) bond motifs is 2. The molecule has 1 amide bonds. The van der Waals surface area contributed by atoms with E-state index in [1.54, 1.807) is 5.01 Å². The number of anilines is 1. The normalized spacial score (nSPS) is 17.6. The first-order valence-corrected chi connectivity index (χ1v) is 12.7. The number of imidazole rings is 1. The van der Waals surface area contributed by atoms with Gasteiger partial charge in [0.05, 0.1) is 17.6 Å². The number of carbonyl (C=O) groups excluding carboxylic acids is 1. The summed E-state index contributed by atoms with van der Waals surface area (Å²) in [5.74, 6) is 1.43. The van der Waals surface area contributed by atoms with Crippen molar-refractivity contribution in [1.29, 1.82) is 0 Å². The van der Waals surface area contributed by atoms with Gasteiger partial charge in [-0.2, -0.15) is 0 Å². The topological polar surface area (TPSA) is 71.4 Å². The third-order valence-corrected chi connectivity index (χ3v) is 7.20. The van der Waals surface area contributed by atoms with Gasteiger partial charge in [0, 0.05) is 25.6 Å². The van der Waals surface area contributed by atoms with Gasteiger partial charge >= 0.3 is 0 Å². The van der Waals surface area contributed by atoms with Gasteiger partial charge in [-0.1, -0.05) is 36.4 Å². The van der Waals surface area contributed by atoms with Gasteiger partial charge in [-0.05, 0) is 68.0 Å². The fraction of sp³-hybridized carbons (Fsp3) is 0.333. The van der Waals surface area contributed by atoms with E-state index in [0.717, 1.165) is 28.6 Å². The minimum absolute atomic E-state index is 0.0565. The lowest BCUT2D eigenvalue weighted by atomic mass is 10.1. The van der Waals surface area contributed by atoms with Crippen LogP contribution in [0.2, 0.25) is 0 Å². The van der Waals surface area contributed by atoms with E-state index >= 15 is 0 Å². The SMILES string of the molecule is CCN1N[C@H](Cc2ccccc2)CNc2nc(Br)n(Cc3cc(Br)c4c(c3)CCO4)c2C1=O. The zero-order chi connectivity index (χ0) is 22.9. The quantitative estimate of drug-likeness (QED) is 0.473. The van der Waals surface area contributed by atoms with E-state index in [9.17, 15) is 4.79 Å². The molecule has 1 aromatic heterocycles. The second kappa shape index (κ2) is 9.48. The van der Waals surface area contributed by atoms with Crippen LogP contribution in [0.3, 0.4) is 0 Å². The lowest BCUT2D eigenvalue weighted by Crippen LogP contribution is -2.53. The number of nitrogens with one attached hydrogen (secondary N) is 2. The van der Waals surface area contributed by atoms with E-state index in [1.165, 1.54) is 11.1 Å². The molecule has 33 heavy (non-hydrogen) atoms. The van der Waals surface area contributed by atoms with Crippen LogP contribution in [-0.2, 0) is 19.4 Å². The Morgan fingerprint density at radius 3 is 2.79 bits per heavy atom. The number of hydrogen-bond acceptors (Lipinski definition) is 5. The molecule has 0 radical (unpaired) electrons. The Morgan fingerprint density at radius 1 is 1.18 bits per heavy atom. The summed E-state index contributed by atoms with van der Waals surface area (Å²) in [4.78, 5) is 18.3. The lowest BCUT2D eigenvalue weighted by Gasteiger charge is -2.31. The van der Waals surface area contributed by atoms with Crippen molar-refractivity contribution < 1.29 is 9.53 Å². The van der Waals surface area contributed by atoms with Crippen molar-refractivity contribution in [3.8, 4) is 5.75 Å². The molecule has 0 bridgehead atoms. The van der Waals surface area contributed by atoms with Gasteiger partial charge < -0.3 is 14.6 Å². The Balaban J connectivity index is 1.45. The van der Waals surface area contributed by atoms with E-state index < -0.39 is 0 Å². The zero-order valence-electron chi connectivity index (χ0n) is 18.3. The van der Waals surface area contributed by atoms with Crippen LogP contribution in [0.25, 0.3) is 0 Å². The molecule has 172 valence electrons. The second-order valence-electron chi connectivity index (χ2n) is 8.27. The first-order valence-electron chi connectivity index (χ1n) is 11.1. The van der Waals surface area contributed by atoms with Gasteiger partial charge in [0.15, 0.2) is 16.2 Å². The Morgan fingerprint density at radius 2 is 2.00 bits per heavy atom. The van der Waals surface area contributed by atoms with E-state index in [1.807, 2.05) is 29.7 Å². The Labute approximate surface area is 209 Å². The molecule has 0 spiro atoms. The highest BCUT2D eigenvalue weighted by molar-refractivity contribution is 9.10. The Bertz CT molecular complexity index is 1180. The number of hydrazine groups is 1. The third-order valence-electron chi connectivity index (χ3n) is 6.00. The number of nitrogens with zero attached hydrogens (tertiary/aromatic N) is 3. The smallest absolute Gasteiger partial charge is 0.288 e. The fourth-order valence-corrected chi connectivity index (χ4v) is 5.57. The fourth-order valence-electron chi connectivity index (χ4n) is 4.43. The molecular weight excluding hydrogens is 550 g/mol. The van der Waals surface area contributed by atoms with Crippen molar-refractivity contribution in [3.05, 3.63) is 74.1 Å². The van der Waals surface area contributed by atoms with Gasteiger partial charge in [-0.3, -0.25) is 9.80 Å². The van der Waals surface area contributed by atoms with Crippen LogP contribution in [-0.4, -0.2) is 46.2 Å². The predicted octanol–water partition coefficient (Wildman–Crippen LogP) is 4.39. The molecule has 0 fully saturated rings. The maximum atomic E-state index is 13.6. The summed E-state index contributed by atoms with van der Waals surface area (Å²) < 4.78 is 9.20. The van der Waals surface area contributed by atoms with E-state index in [4.69, 9.17) is 4.74 Å². The van der Waals surface area contributed by atoms with Crippen LogP contribution in [0.15, 0.2) is 51.7 Å². The van der Waals surface area contributed by atoms with Crippen LogP contribution in [0.4, 0.5) is 5.82 Å². The molecule has 2 N–H and O–H groups in total. The maximum Gasteiger partial charge on any atom is 0.288 e. The molecular formula is C24H25Br2N5O2. The summed E-state index contributed by atoms with van der Waals surface area (Å²) >= 11 is 7.22. The van der Waals surface area contributed by atoms with Gasteiger partial charge in [-0.15, -0.1) is 0 Å². The molecule has 2 aromatic carbocycles. The largest absolute Gasteiger partial charge is 0.492 e. The van der Waals surface area contributed by atoms with Crippen molar-refractivity contribution in [2.45, 2.75) is 32.4 Å². The van der Waals surface area contributed by atoms with Crippen molar-refractivity contribution in [2.24, 2.45) is 0 Å². The van der Waals surface area contributed by atoms with E-state index in [2.05, 4.69) is 71.9 Å². The minimum Gasteiger partial charge on any atom is -0.492 e. The highest BCUT2D eigenvalue weighted by Crippen LogP contribution is 2.36. The van der Waals surface area contributed by atoms with Gasteiger partial charge in [0.2, 0.25) is 0 Å². The van der Waals surface area contributed by atoms with Crippen LogP contribution in [0, 0.1) is 0 Å². The van der Waals surface area contributed by atoms with Gasteiger partial charge in [0.1, 0.15) is 5.75 Å². The van der Waals surface area contributed by atoms with Crippen molar-refractivity contribution >= 4 is 43.6 Å². The van der Waals surface area contributed by atoms with Crippen molar-refractivity contribution in [2.75, 3.05) is 25.0 Å². The van der Waals surface area contributed by atoms with Crippen LogP contribution >= 0.6 is 31.9 Å². The number of benzene rings is 2. The monoisotopic (exact) mass is 573 g/mol. The minimum atomic E-state index is -0.0977. The summed E-state index contributed by atoms with van der Waals surface area (Å²) in [6, 6.07) is 14.6. The molecule has 5 rings (SSSR count). The second-order valence-corrected chi connectivity index (χ2v) is 9.84. The molecule has 3 heterocycles. The van der Waals surface area contributed by atoms with E-state index in [0.29, 0.717) is 42.5 Å². The third kappa shape index (κ3) is 4.54. The lowest BCUT2D eigenvalue weighted by molar-refractivity contribution is 0.0621. The number of halogens is 2. The highest BCUT2D eigenvalue weighted by Gasteiger charge is 2.30. The molecule has 0 saturated carbocycles. The average molecular weight is 575 g/mol. The molecule has 9 heteroatoms. The van der Waals surface area contributed by atoms with Crippen LogP contribution in [0.5, 0.6) is 5.75 Å². The van der Waals surface area contributed by atoms with E-state index in [-0.39, 0.29) is 11.9 Å². The number of aromatic nitrogens is 2. The Hall–Kier alpha value is -2.36. The first kappa shape index (κ1) is 22.4. The number of amides is 1. The number of rotatable bonds is 5. The highest BCUT2D eigenvalue weighted by atomic mass is 79.9. The molecule has 2 aliphatic heterocycles. The summed E-state index contributed by atoms with van der Waals surface area (Å²) in [5, 5.41) is 5.11. The van der Waals surface area contributed by atoms with Gasteiger partial charge in [0.25, 0.3) is 5.91 Å². The van der Waals surface area contributed by atoms with Crippen molar-refractivity contribution in [1.82, 2.24) is 20.0 Å². The van der Waals surface area contributed by atoms with Crippen LogP contribution in [0.1, 0.15) is 34.1 Å². The van der Waals surface area contributed by atoms with Gasteiger partial charge in [-0.25, -0.2) is 10.4 Å². The average Bonchev–Trinajstić information content (AvgIpc) is 3.40. The summed E-state index contributed by atoms with van der Waals surface area (Å²) in [6.45, 7) is 4.40. The summed E-state index contributed by atoms with van der Waals surface area (Å²) in [7, 11) is 0.